The molecule has 0 aromatic heterocycles. The molecule has 114 valence electrons. The van der Waals surface area contributed by atoms with Gasteiger partial charge in [0.15, 0.2) is 9.84 Å². The quantitative estimate of drug-likeness (QED) is 0.599. The van der Waals surface area contributed by atoms with Crippen LogP contribution in [0.3, 0.4) is 0 Å². The summed E-state index contributed by atoms with van der Waals surface area (Å²) in [6.07, 6.45) is 0.850. The number of carbonyl (C=O) groups is 2. The van der Waals surface area contributed by atoms with Gasteiger partial charge in [-0.1, -0.05) is 0 Å². The van der Waals surface area contributed by atoms with Gasteiger partial charge in [-0.2, -0.15) is 0 Å². The second kappa shape index (κ2) is 5.87. The Labute approximate surface area is 119 Å². The fraction of sp³-hybridized carbons (Fsp3) is 0.273. The van der Waals surface area contributed by atoms with Crippen molar-refractivity contribution in [2.45, 2.75) is 12.2 Å². The molecule has 2 N–H and O–H groups in total. The maximum Gasteiger partial charge on any atom is 0.337 e. The van der Waals surface area contributed by atoms with E-state index < -0.39 is 37.6 Å². The molecule has 0 radical (unpaired) electrons. The zero-order valence-corrected chi connectivity index (χ0v) is 11.9. The number of aromatic carboxylic acids is 1. The molecule has 1 aromatic rings. The lowest BCUT2D eigenvalue weighted by molar-refractivity contribution is -0.384. The van der Waals surface area contributed by atoms with Crippen molar-refractivity contribution in [1.29, 1.82) is 0 Å². The molecule has 1 amide bonds. The highest BCUT2D eigenvalue weighted by Gasteiger charge is 2.25. The summed E-state index contributed by atoms with van der Waals surface area (Å²) in [4.78, 5) is 32.7. The van der Waals surface area contributed by atoms with Crippen LogP contribution >= 0.6 is 0 Å². The van der Waals surface area contributed by atoms with E-state index >= 15 is 0 Å². The van der Waals surface area contributed by atoms with Crippen molar-refractivity contribution >= 4 is 33.1 Å². The topological polar surface area (TPSA) is 144 Å². The van der Waals surface area contributed by atoms with Gasteiger partial charge in [-0.15, -0.1) is 0 Å². The molecule has 0 aliphatic heterocycles. The monoisotopic (exact) mass is 316 g/mol. The highest BCUT2D eigenvalue weighted by molar-refractivity contribution is 7.92. The van der Waals surface area contributed by atoms with Gasteiger partial charge in [0, 0.05) is 18.4 Å². The predicted octanol–water partition coefficient (Wildman–Crippen LogP) is 0.665. The minimum absolute atomic E-state index is 0.336. The Morgan fingerprint density at radius 1 is 1.38 bits per heavy atom. The first-order valence-corrected chi connectivity index (χ1v) is 7.51. The number of rotatable bonds is 5. The molecule has 0 heterocycles. The molecule has 0 fully saturated rings. The standard InChI is InChI=1S/C11H12N2O7S/c1-6(21(2,19)20)10(14)12-9-5-7(13(17)18)3-4-8(9)11(15)16/h3-6H,1-2H3,(H,12,14)(H,15,16). The summed E-state index contributed by atoms with van der Waals surface area (Å²) in [6.45, 7) is 1.13. The van der Waals surface area contributed by atoms with Gasteiger partial charge in [-0.05, 0) is 13.0 Å². The first kappa shape index (κ1) is 16.6. The van der Waals surface area contributed by atoms with Crippen molar-refractivity contribution in [3.8, 4) is 0 Å². The van der Waals surface area contributed by atoms with Crippen LogP contribution in [0.5, 0.6) is 0 Å². The third-order valence-corrected chi connectivity index (χ3v) is 4.21. The molecule has 0 bridgehead atoms. The number of nitro benzene ring substituents is 1. The zero-order chi connectivity index (χ0) is 16.4. The molecule has 0 aliphatic carbocycles. The molecule has 0 saturated carbocycles. The normalized spacial score (nSPS) is 12.5. The van der Waals surface area contributed by atoms with Crippen molar-refractivity contribution in [3.05, 3.63) is 33.9 Å². The van der Waals surface area contributed by atoms with Gasteiger partial charge in [-0.25, -0.2) is 13.2 Å². The van der Waals surface area contributed by atoms with Crippen molar-refractivity contribution in [2.75, 3.05) is 11.6 Å². The Morgan fingerprint density at radius 2 is 1.95 bits per heavy atom. The van der Waals surface area contributed by atoms with Gasteiger partial charge in [0.25, 0.3) is 5.69 Å². The maximum atomic E-state index is 11.8. The molecule has 0 spiro atoms. The van der Waals surface area contributed by atoms with Crippen LogP contribution in [0.4, 0.5) is 11.4 Å². The number of carboxylic acids is 1. The minimum Gasteiger partial charge on any atom is -0.478 e. The third-order valence-electron chi connectivity index (χ3n) is 2.71. The number of nitrogens with one attached hydrogen (secondary N) is 1. The van der Waals surface area contributed by atoms with Gasteiger partial charge >= 0.3 is 5.97 Å². The van der Waals surface area contributed by atoms with E-state index in [1.165, 1.54) is 0 Å². The summed E-state index contributed by atoms with van der Waals surface area (Å²) in [7, 11) is -3.68. The van der Waals surface area contributed by atoms with E-state index in [2.05, 4.69) is 5.32 Å². The number of hydrogen-bond acceptors (Lipinski definition) is 6. The lowest BCUT2D eigenvalue weighted by Crippen LogP contribution is -2.32. The summed E-state index contributed by atoms with van der Waals surface area (Å²) >= 11 is 0. The average Bonchev–Trinajstić information content (AvgIpc) is 2.36. The second-order valence-electron chi connectivity index (χ2n) is 4.25. The minimum atomic E-state index is -3.68. The number of anilines is 1. The van der Waals surface area contributed by atoms with Crippen molar-refractivity contribution < 1.29 is 28.0 Å². The van der Waals surface area contributed by atoms with E-state index in [0.717, 1.165) is 31.4 Å². The van der Waals surface area contributed by atoms with Crippen LogP contribution in [-0.4, -0.2) is 41.8 Å². The van der Waals surface area contributed by atoms with Gasteiger partial charge in [0.1, 0.15) is 5.25 Å². The number of carbonyl (C=O) groups excluding carboxylic acids is 1. The van der Waals surface area contributed by atoms with Gasteiger partial charge in [0.2, 0.25) is 5.91 Å². The Balaban J connectivity index is 3.22. The number of nitro groups is 1. The Morgan fingerprint density at radius 3 is 2.38 bits per heavy atom. The molecule has 1 rings (SSSR count). The van der Waals surface area contributed by atoms with Crippen LogP contribution in [0.25, 0.3) is 0 Å². The second-order valence-corrected chi connectivity index (χ2v) is 6.62. The summed E-state index contributed by atoms with van der Waals surface area (Å²) in [5, 5.41) is 20.3. The average molecular weight is 316 g/mol. The Kier molecular flexibility index (Phi) is 4.63. The molecule has 0 saturated heterocycles. The molecule has 0 aliphatic rings. The third kappa shape index (κ3) is 3.99. The molecule has 21 heavy (non-hydrogen) atoms. The molecular formula is C11H12N2O7S. The Bertz CT molecular complexity index is 711. The van der Waals surface area contributed by atoms with E-state index in [0.29, 0.717) is 0 Å². The highest BCUT2D eigenvalue weighted by Crippen LogP contribution is 2.23. The van der Waals surface area contributed by atoms with E-state index in [1.54, 1.807) is 0 Å². The van der Waals surface area contributed by atoms with E-state index in [4.69, 9.17) is 5.11 Å². The molecule has 1 atom stereocenters. The fourth-order valence-corrected chi connectivity index (χ4v) is 1.81. The highest BCUT2D eigenvalue weighted by atomic mass is 32.2. The first-order chi connectivity index (χ1) is 9.54. The SMILES string of the molecule is CC(C(=O)Nc1cc([N+](=O)[O-])ccc1C(=O)O)S(C)(=O)=O. The number of carboxylic acid groups (broad SMARTS) is 1. The van der Waals surface area contributed by atoms with Crippen LogP contribution in [0, 0.1) is 10.1 Å². The largest absolute Gasteiger partial charge is 0.478 e. The number of nitrogens with zero attached hydrogens (tertiary/aromatic N) is 1. The zero-order valence-electron chi connectivity index (χ0n) is 11.1. The van der Waals surface area contributed by atoms with Crippen LogP contribution in [0.2, 0.25) is 0 Å². The summed E-state index contributed by atoms with van der Waals surface area (Å²) < 4.78 is 22.5. The van der Waals surface area contributed by atoms with Crippen molar-refractivity contribution in [2.24, 2.45) is 0 Å². The van der Waals surface area contributed by atoms with Crippen LogP contribution in [-0.2, 0) is 14.6 Å². The van der Waals surface area contributed by atoms with Gasteiger partial charge < -0.3 is 10.4 Å². The Hall–Kier alpha value is -2.49. The van der Waals surface area contributed by atoms with E-state index in [-0.39, 0.29) is 11.3 Å². The number of sulfone groups is 1. The summed E-state index contributed by atoms with van der Waals surface area (Å²) in [5.74, 6) is -2.38. The first-order valence-electron chi connectivity index (χ1n) is 5.55. The fourth-order valence-electron chi connectivity index (χ4n) is 1.36. The number of benzene rings is 1. The molecule has 1 unspecified atom stereocenters. The number of hydrogen-bond donors (Lipinski definition) is 2. The van der Waals surface area contributed by atoms with Gasteiger partial charge in [0.05, 0.1) is 16.2 Å². The molecule has 9 nitrogen and oxygen atoms in total. The van der Waals surface area contributed by atoms with Crippen molar-refractivity contribution in [3.63, 3.8) is 0 Å². The van der Waals surface area contributed by atoms with Crippen LogP contribution < -0.4 is 5.32 Å². The maximum absolute atomic E-state index is 11.8. The smallest absolute Gasteiger partial charge is 0.337 e. The van der Waals surface area contributed by atoms with Crippen molar-refractivity contribution in [1.82, 2.24) is 0 Å². The van der Waals surface area contributed by atoms with E-state index in [1.807, 2.05) is 0 Å². The van der Waals surface area contributed by atoms with Crippen LogP contribution in [0.15, 0.2) is 18.2 Å². The lowest BCUT2D eigenvalue weighted by Gasteiger charge is -2.12. The number of amides is 1. The number of non-ortho nitro benzene ring substituents is 1. The molecule has 10 heteroatoms. The van der Waals surface area contributed by atoms with Crippen LogP contribution in [0.1, 0.15) is 17.3 Å². The summed E-state index contributed by atoms with van der Waals surface area (Å²) in [6, 6.07) is 2.79. The molecule has 1 aromatic carbocycles. The summed E-state index contributed by atoms with van der Waals surface area (Å²) in [5.41, 5.74) is -1.14. The lowest BCUT2D eigenvalue weighted by atomic mass is 10.1. The molecular weight excluding hydrogens is 304 g/mol. The van der Waals surface area contributed by atoms with E-state index in [9.17, 15) is 28.1 Å². The van der Waals surface area contributed by atoms with Gasteiger partial charge in [-0.3, -0.25) is 14.9 Å². The predicted molar refractivity (Wildman–Crippen MR) is 73.0 cm³/mol.